The van der Waals surface area contributed by atoms with Gasteiger partial charge in [0.25, 0.3) is 0 Å². The Balaban J connectivity index is 2.01. The fraction of sp³-hybridized carbons (Fsp3) is 0.300. The fourth-order valence-corrected chi connectivity index (χ4v) is 1.91. The molecule has 5 nitrogen and oxygen atoms in total. The van der Waals surface area contributed by atoms with E-state index < -0.39 is 5.54 Å². The molecule has 2 aromatic rings. The van der Waals surface area contributed by atoms with E-state index in [4.69, 9.17) is 33.5 Å². The van der Waals surface area contributed by atoms with E-state index in [2.05, 4.69) is 15.1 Å². The lowest BCUT2D eigenvalue weighted by molar-refractivity contribution is 0.348. The van der Waals surface area contributed by atoms with E-state index in [0.29, 0.717) is 27.5 Å². The molecule has 2 aromatic heterocycles. The minimum atomic E-state index is -0.454. The molecule has 2 heterocycles. The van der Waals surface area contributed by atoms with E-state index in [1.54, 1.807) is 6.07 Å². The van der Waals surface area contributed by atoms with Gasteiger partial charge >= 0.3 is 0 Å². The van der Waals surface area contributed by atoms with Crippen LogP contribution in [0.25, 0.3) is 11.5 Å². The van der Waals surface area contributed by atoms with E-state index in [9.17, 15) is 0 Å². The molecule has 0 atom stereocenters. The summed E-state index contributed by atoms with van der Waals surface area (Å²) in [6, 6.07) is 1.58. The Bertz CT molecular complexity index is 579. The second-order valence-corrected chi connectivity index (χ2v) is 4.91. The zero-order chi connectivity index (χ0) is 12.0. The minimum Gasteiger partial charge on any atom is -0.337 e. The van der Waals surface area contributed by atoms with Crippen molar-refractivity contribution in [2.24, 2.45) is 5.73 Å². The van der Waals surface area contributed by atoms with Crippen LogP contribution in [0.3, 0.4) is 0 Å². The highest BCUT2D eigenvalue weighted by molar-refractivity contribution is 6.35. The Morgan fingerprint density at radius 3 is 2.76 bits per heavy atom. The maximum absolute atomic E-state index is 6.00. The van der Waals surface area contributed by atoms with Crippen molar-refractivity contribution in [2.75, 3.05) is 0 Å². The average molecular weight is 271 g/mol. The van der Waals surface area contributed by atoms with Crippen molar-refractivity contribution < 1.29 is 4.52 Å². The highest BCUT2D eigenvalue weighted by atomic mass is 35.5. The smallest absolute Gasteiger partial charge is 0.247 e. The van der Waals surface area contributed by atoms with Gasteiger partial charge in [-0.05, 0) is 18.9 Å². The first-order valence-corrected chi connectivity index (χ1v) is 5.79. The van der Waals surface area contributed by atoms with Gasteiger partial charge in [0, 0.05) is 6.20 Å². The molecule has 0 radical (unpaired) electrons. The standard InChI is InChI=1S/C10H8Cl2N4O/c11-5-3-6(12)7(14-4-5)8-15-9(17-16-8)10(13)1-2-10/h3-4H,1-2,13H2. The van der Waals surface area contributed by atoms with E-state index in [0.717, 1.165) is 12.8 Å². The van der Waals surface area contributed by atoms with Crippen LogP contribution in [0, 0.1) is 0 Å². The Morgan fingerprint density at radius 1 is 1.35 bits per heavy atom. The van der Waals surface area contributed by atoms with Crippen molar-refractivity contribution in [2.45, 2.75) is 18.4 Å². The lowest BCUT2D eigenvalue weighted by Crippen LogP contribution is -2.18. The second kappa shape index (κ2) is 3.66. The molecule has 0 spiro atoms. The van der Waals surface area contributed by atoms with Gasteiger partial charge in [-0.15, -0.1) is 0 Å². The number of pyridine rings is 1. The molecule has 0 bridgehead atoms. The molecular formula is C10H8Cl2N4O. The van der Waals surface area contributed by atoms with Crippen molar-refractivity contribution in [3.63, 3.8) is 0 Å². The van der Waals surface area contributed by atoms with Crippen LogP contribution in [-0.4, -0.2) is 15.1 Å². The summed E-state index contributed by atoms with van der Waals surface area (Å²) in [6.45, 7) is 0. The summed E-state index contributed by atoms with van der Waals surface area (Å²) >= 11 is 11.8. The molecule has 1 aliphatic rings. The van der Waals surface area contributed by atoms with Gasteiger partial charge in [-0.3, -0.25) is 0 Å². The molecule has 0 aromatic carbocycles. The van der Waals surface area contributed by atoms with Crippen molar-refractivity contribution in [1.29, 1.82) is 0 Å². The van der Waals surface area contributed by atoms with Gasteiger partial charge in [-0.25, -0.2) is 4.98 Å². The van der Waals surface area contributed by atoms with E-state index >= 15 is 0 Å². The second-order valence-electron chi connectivity index (χ2n) is 4.06. The average Bonchev–Trinajstić information content (AvgIpc) is 2.85. The summed E-state index contributed by atoms with van der Waals surface area (Å²) in [5.41, 5.74) is 5.94. The molecule has 1 aliphatic carbocycles. The van der Waals surface area contributed by atoms with Crippen molar-refractivity contribution in [1.82, 2.24) is 15.1 Å². The van der Waals surface area contributed by atoms with Gasteiger partial charge in [0.1, 0.15) is 5.69 Å². The van der Waals surface area contributed by atoms with Crippen LogP contribution in [0.1, 0.15) is 18.7 Å². The predicted molar refractivity (Wildman–Crippen MR) is 62.6 cm³/mol. The van der Waals surface area contributed by atoms with E-state index in [1.165, 1.54) is 6.20 Å². The van der Waals surface area contributed by atoms with Crippen molar-refractivity contribution in [3.8, 4) is 11.5 Å². The maximum atomic E-state index is 6.00. The van der Waals surface area contributed by atoms with Gasteiger partial charge in [-0.1, -0.05) is 28.4 Å². The summed E-state index contributed by atoms with van der Waals surface area (Å²) in [5.74, 6) is 0.763. The lowest BCUT2D eigenvalue weighted by Gasteiger charge is -1.99. The Kier molecular flexibility index (Phi) is 2.36. The summed E-state index contributed by atoms with van der Waals surface area (Å²) in [6.07, 6.45) is 3.20. The number of nitrogens with two attached hydrogens (primary N) is 1. The molecule has 0 saturated heterocycles. The molecule has 7 heteroatoms. The van der Waals surface area contributed by atoms with Crippen LogP contribution < -0.4 is 5.73 Å². The monoisotopic (exact) mass is 270 g/mol. The zero-order valence-corrected chi connectivity index (χ0v) is 10.2. The topological polar surface area (TPSA) is 77.8 Å². The lowest BCUT2D eigenvalue weighted by atomic mass is 10.3. The largest absolute Gasteiger partial charge is 0.337 e. The number of halogens is 2. The van der Waals surface area contributed by atoms with Gasteiger partial charge in [-0.2, -0.15) is 4.98 Å². The predicted octanol–water partition coefficient (Wildman–Crippen LogP) is 2.39. The van der Waals surface area contributed by atoms with Crippen LogP contribution >= 0.6 is 23.2 Å². The number of aromatic nitrogens is 3. The van der Waals surface area contributed by atoms with Crippen LogP contribution in [0.5, 0.6) is 0 Å². The highest BCUT2D eigenvalue weighted by Crippen LogP contribution is 2.42. The summed E-state index contributed by atoms with van der Waals surface area (Å²) in [7, 11) is 0. The first-order valence-electron chi connectivity index (χ1n) is 5.03. The summed E-state index contributed by atoms with van der Waals surface area (Å²) in [5, 5.41) is 4.67. The SMILES string of the molecule is NC1(c2nc(-c3ncc(Cl)cc3Cl)no2)CC1. The summed E-state index contributed by atoms with van der Waals surface area (Å²) in [4.78, 5) is 8.29. The molecule has 0 unspecified atom stereocenters. The van der Waals surface area contributed by atoms with E-state index in [1.807, 2.05) is 0 Å². The molecule has 88 valence electrons. The molecule has 0 aliphatic heterocycles. The van der Waals surface area contributed by atoms with E-state index in [-0.39, 0.29) is 0 Å². The molecule has 2 N–H and O–H groups in total. The van der Waals surface area contributed by atoms with Crippen LogP contribution in [-0.2, 0) is 5.54 Å². The number of hydrogen-bond donors (Lipinski definition) is 1. The third-order valence-corrected chi connectivity index (χ3v) is 3.16. The van der Waals surface area contributed by atoms with Gasteiger partial charge in [0.05, 0.1) is 15.6 Å². The maximum Gasteiger partial charge on any atom is 0.247 e. The van der Waals surface area contributed by atoms with Crippen LogP contribution in [0.2, 0.25) is 10.0 Å². The third-order valence-electron chi connectivity index (χ3n) is 2.66. The highest BCUT2D eigenvalue weighted by Gasteiger charge is 2.45. The Labute approximate surface area is 107 Å². The number of hydrogen-bond acceptors (Lipinski definition) is 5. The Hall–Kier alpha value is -1.17. The normalized spacial score (nSPS) is 17.1. The van der Waals surface area contributed by atoms with Crippen molar-refractivity contribution >= 4 is 23.2 Å². The van der Waals surface area contributed by atoms with Gasteiger partial charge in [0.15, 0.2) is 0 Å². The Morgan fingerprint density at radius 2 is 2.12 bits per heavy atom. The third kappa shape index (κ3) is 1.90. The molecule has 0 amide bonds. The van der Waals surface area contributed by atoms with Crippen LogP contribution in [0.4, 0.5) is 0 Å². The number of rotatable bonds is 2. The molecule has 3 rings (SSSR count). The summed E-state index contributed by atoms with van der Waals surface area (Å²) < 4.78 is 5.11. The van der Waals surface area contributed by atoms with Crippen molar-refractivity contribution in [3.05, 3.63) is 28.2 Å². The molecule has 17 heavy (non-hydrogen) atoms. The zero-order valence-electron chi connectivity index (χ0n) is 8.65. The van der Waals surface area contributed by atoms with Crippen LogP contribution in [0.15, 0.2) is 16.8 Å². The van der Waals surface area contributed by atoms with Gasteiger partial charge < -0.3 is 10.3 Å². The first kappa shape index (κ1) is 11.0. The molecular weight excluding hydrogens is 263 g/mol. The minimum absolute atomic E-state index is 0.332. The quantitative estimate of drug-likeness (QED) is 0.907. The number of nitrogens with zero attached hydrogens (tertiary/aromatic N) is 3. The first-order chi connectivity index (χ1) is 8.08. The fourth-order valence-electron chi connectivity index (χ4n) is 1.45. The van der Waals surface area contributed by atoms with Gasteiger partial charge in [0.2, 0.25) is 11.7 Å². The molecule has 1 fully saturated rings. The molecule has 1 saturated carbocycles.